The molecule has 0 N–H and O–H groups in total. The largest absolute Gasteiger partial charge is 0.339 e. The molecule has 18 heavy (non-hydrogen) atoms. The number of benzene rings is 1. The highest BCUT2D eigenvalue weighted by atomic mass is 127. The Morgan fingerprint density at radius 1 is 1.39 bits per heavy atom. The summed E-state index contributed by atoms with van der Waals surface area (Å²) < 4.78 is 2.80. The van der Waals surface area contributed by atoms with Crippen LogP contribution in [0, 0.1) is 3.57 Å². The van der Waals surface area contributed by atoms with E-state index in [1.807, 2.05) is 24.4 Å². The van der Waals surface area contributed by atoms with Crippen LogP contribution in [-0.4, -0.2) is 17.1 Å². The molecule has 92 valence electrons. The normalized spacial score (nSPS) is 16.8. The molecular weight excluding hydrogens is 339 g/mol. The number of amides is 1. The number of carbonyl (C=O) groups is 1. The summed E-state index contributed by atoms with van der Waals surface area (Å²) in [7, 11) is 0. The lowest BCUT2D eigenvalue weighted by molar-refractivity contribution is -0.514. The molecular formula is C14H14IN2O+. The number of hydrogen-bond acceptors (Lipinski definition) is 1. The fourth-order valence-corrected chi connectivity index (χ4v) is 2.00. The van der Waals surface area contributed by atoms with Crippen molar-refractivity contribution in [2.24, 2.45) is 5.11 Å². The van der Waals surface area contributed by atoms with Crippen molar-refractivity contribution in [1.82, 2.24) is 0 Å². The lowest BCUT2D eigenvalue weighted by Crippen LogP contribution is -2.10. The van der Waals surface area contributed by atoms with E-state index in [0.29, 0.717) is 12.1 Å². The fraction of sp³-hybridized carbons (Fsp3) is 0.214. The third-order valence-corrected chi connectivity index (χ3v) is 3.38. The maximum absolute atomic E-state index is 12.0. The van der Waals surface area contributed by atoms with Crippen LogP contribution < -0.4 is 0 Å². The van der Waals surface area contributed by atoms with Crippen molar-refractivity contribution in [2.75, 3.05) is 6.54 Å². The maximum atomic E-state index is 12.0. The van der Waals surface area contributed by atoms with Crippen molar-refractivity contribution in [3.05, 3.63) is 57.3 Å². The van der Waals surface area contributed by atoms with Gasteiger partial charge in [-0.2, -0.15) is 0 Å². The highest BCUT2D eigenvalue weighted by molar-refractivity contribution is 14.1. The summed E-state index contributed by atoms with van der Waals surface area (Å²) in [5.41, 5.74) is 1.80. The molecule has 0 saturated heterocycles. The number of rotatable bonds is 2. The van der Waals surface area contributed by atoms with Crippen LogP contribution >= 0.6 is 22.6 Å². The second-order valence-electron chi connectivity index (χ2n) is 3.99. The number of nitrogens with zero attached hydrogens (tertiary/aromatic N) is 2. The first-order valence-electron chi connectivity index (χ1n) is 5.84. The van der Waals surface area contributed by atoms with Crippen molar-refractivity contribution in [1.29, 1.82) is 0 Å². The van der Waals surface area contributed by atoms with E-state index in [2.05, 4.69) is 40.7 Å². The van der Waals surface area contributed by atoms with Crippen LogP contribution in [0.4, 0.5) is 0 Å². The number of halogens is 1. The Morgan fingerprint density at radius 3 is 2.78 bits per heavy atom. The Kier molecular flexibility index (Phi) is 4.41. The molecule has 4 heteroatoms. The first-order valence-corrected chi connectivity index (χ1v) is 6.92. The van der Waals surface area contributed by atoms with Crippen molar-refractivity contribution < 1.29 is 9.49 Å². The summed E-state index contributed by atoms with van der Waals surface area (Å²) in [5.74, 6) is -0.201. The standard InChI is InChI=1S/C14H14IN2O/c1-2-11-4-3-9-17(10-11)16-14(18)12-5-7-13(15)8-6-12/h3-8,10H,2,9H2,1H3/q+1. The summed E-state index contributed by atoms with van der Waals surface area (Å²) in [5, 5.41) is 4.10. The van der Waals surface area contributed by atoms with E-state index in [-0.39, 0.29) is 5.91 Å². The van der Waals surface area contributed by atoms with Gasteiger partial charge in [0.25, 0.3) is 0 Å². The van der Waals surface area contributed by atoms with Gasteiger partial charge >= 0.3 is 5.91 Å². The van der Waals surface area contributed by atoms with Gasteiger partial charge in [-0.25, -0.2) is 0 Å². The number of allylic oxidation sites excluding steroid dienone is 2. The van der Waals surface area contributed by atoms with Gasteiger partial charge in [-0.05, 0) is 59.4 Å². The SMILES string of the molecule is CCC1=C[N+](=NC(=O)c2ccc(I)cc2)CC=C1. The second-order valence-corrected chi connectivity index (χ2v) is 5.24. The zero-order valence-electron chi connectivity index (χ0n) is 10.1. The highest BCUT2D eigenvalue weighted by Crippen LogP contribution is 2.10. The molecule has 1 aliphatic heterocycles. The van der Waals surface area contributed by atoms with Crippen LogP contribution in [0.3, 0.4) is 0 Å². The average molecular weight is 353 g/mol. The molecule has 1 aliphatic rings. The molecule has 1 aromatic rings. The smallest absolute Gasteiger partial charge is 0.260 e. The van der Waals surface area contributed by atoms with Crippen molar-refractivity contribution >= 4 is 28.5 Å². The number of carbonyl (C=O) groups excluding carboxylic acids is 1. The predicted octanol–water partition coefficient (Wildman–Crippen LogP) is 3.76. The van der Waals surface area contributed by atoms with Gasteiger partial charge in [0.05, 0.1) is 0 Å². The van der Waals surface area contributed by atoms with Gasteiger partial charge in [0.15, 0.2) is 12.7 Å². The Labute approximate surface area is 120 Å². The molecule has 0 bridgehead atoms. The first-order chi connectivity index (χ1) is 8.69. The molecule has 0 saturated carbocycles. The molecule has 3 nitrogen and oxygen atoms in total. The minimum atomic E-state index is -0.201. The van der Waals surface area contributed by atoms with Gasteiger partial charge in [0.1, 0.15) is 0 Å². The van der Waals surface area contributed by atoms with Crippen LogP contribution in [0.25, 0.3) is 0 Å². The Hall–Kier alpha value is -1.30. The summed E-state index contributed by atoms with van der Waals surface area (Å²) in [4.78, 5) is 12.0. The zero-order valence-corrected chi connectivity index (χ0v) is 12.3. The van der Waals surface area contributed by atoms with Crippen molar-refractivity contribution in [3.8, 4) is 0 Å². The summed E-state index contributed by atoms with van der Waals surface area (Å²) >= 11 is 2.21. The van der Waals surface area contributed by atoms with E-state index in [1.54, 1.807) is 16.8 Å². The van der Waals surface area contributed by atoms with E-state index < -0.39 is 0 Å². The van der Waals surface area contributed by atoms with Crippen LogP contribution in [0.1, 0.15) is 23.7 Å². The number of azo groups is 2. The molecule has 0 atom stereocenters. The monoisotopic (exact) mass is 353 g/mol. The topological polar surface area (TPSA) is 32.4 Å². The lowest BCUT2D eigenvalue weighted by Gasteiger charge is -2.00. The van der Waals surface area contributed by atoms with Crippen LogP contribution in [0.15, 0.2) is 53.3 Å². The molecule has 0 aliphatic carbocycles. The predicted molar refractivity (Wildman–Crippen MR) is 78.6 cm³/mol. The van der Waals surface area contributed by atoms with Gasteiger partial charge in [0, 0.05) is 19.8 Å². The molecule has 0 aromatic heterocycles. The number of hydrogen-bond donors (Lipinski definition) is 0. The van der Waals surface area contributed by atoms with Gasteiger partial charge < -0.3 is 0 Å². The van der Waals surface area contributed by atoms with Crippen molar-refractivity contribution in [2.45, 2.75) is 13.3 Å². The van der Waals surface area contributed by atoms with Gasteiger partial charge in [0.2, 0.25) is 0 Å². The van der Waals surface area contributed by atoms with Crippen LogP contribution in [0.2, 0.25) is 0 Å². The Bertz CT molecular complexity index is 541. The van der Waals surface area contributed by atoms with E-state index in [4.69, 9.17) is 0 Å². The minimum Gasteiger partial charge on any atom is -0.260 e. The third kappa shape index (κ3) is 3.35. The Balaban J connectivity index is 2.18. The fourth-order valence-electron chi connectivity index (χ4n) is 1.64. The lowest BCUT2D eigenvalue weighted by atomic mass is 10.2. The van der Waals surface area contributed by atoms with Crippen LogP contribution in [0.5, 0.6) is 0 Å². The first kappa shape index (κ1) is 13.1. The maximum Gasteiger partial charge on any atom is 0.339 e. The molecule has 2 rings (SSSR count). The zero-order chi connectivity index (χ0) is 13.0. The van der Waals surface area contributed by atoms with E-state index in [9.17, 15) is 4.79 Å². The van der Waals surface area contributed by atoms with Gasteiger partial charge in [-0.15, -0.1) is 0 Å². The summed E-state index contributed by atoms with van der Waals surface area (Å²) in [6.45, 7) is 2.74. The molecule has 0 fully saturated rings. The summed E-state index contributed by atoms with van der Waals surface area (Å²) in [6.07, 6.45) is 6.95. The van der Waals surface area contributed by atoms with Crippen LogP contribution in [-0.2, 0) is 0 Å². The van der Waals surface area contributed by atoms with Crippen molar-refractivity contribution in [3.63, 3.8) is 0 Å². The van der Waals surface area contributed by atoms with E-state index >= 15 is 0 Å². The minimum absolute atomic E-state index is 0.201. The summed E-state index contributed by atoms with van der Waals surface area (Å²) in [6, 6.07) is 7.43. The molecule has 0 spiro atoms. The third-order valence-electron chi connectivity index (χ3n) is 2.66. The van der Waals surface area contributed by atoms with E-state index in [0.717, 1.165) is 9.99 Å². The highest BCUT2D eigenvalue weighted by Gasteiger charge is 2.13. The van der Waals surface area contributed by atoms with E-state index in [1.165, 1.54) is 5.57 Å². The Morgan fingerprint density at radius 2 is 2.11 bits per heavy atom. The molecule has 0 radical (unpaired) electrons. The van der Waals surface area contributed by atoms with Gasteiger partial charge in [-0.3, -0.25) is 4.79 Å². The molecule has 1 heterocycles. The molecule has 1 amide bonds. The molecule has 0 unspecified atom stereocenters. The average Bonchev–Trinajstić information content (AvgIpc) is 2.39. The van der Waals surface area contributed by atoms with Gasteiger partial charge in [-0.1, -0.05) is 17.7 Å². The second kappa shape index (κ2) is 6.04. The quantitative estimate of drug-likeness (QED) is 0.589. The molecule has 1 aromatic carbocycles.